The molecule has 0 aliphatic heterocycles. The van der Waals surface area contributed by atoms with Crippen LogP contribution in [-0.4, -0.2) is 17.5 Å². The second kappa shape index (κ2) is 9.20. The second-order valence-corrected chi connectivity index (χ2v) is 7.98. The summed E-state index contributed by atoms with van der Waals surface area (Å²) < 4.78 is 6.71. The van der Waals surface area contributed by atoms with Crippen LogP contribution in [0, 0.1) is 0 Å². The third-order valence-electron chi connectivity index (χ3n) is 4.47. The summed E-state index contributed by atoms with van der Waals surface area (Å²) in [7, 11) is 0. The van der Waals surface area contributed by atoms with Crippen LogP contribution < -0.4 is 10.1 Å². The molecule has 1 N–H and O–H groups in total. The second-order valence-electron chi connectivity index (χ2n) is 6.51. The van der Waals surface area contributed by atoms with Crippen molar-refractivity contribution in [1.82, 2.24) is 4.98 Å². The van der Waals surface area contributed by atoms with Crippen molar-refractivity contribution in [3.05, 3.63) is 53.1 Å². The van der Waals surface area contributed by atoms with E-state index >= 15 is 0 Å². The van der Waals surface area contributed by atoms with Crippen LogP contribution in [0.15, 0.2) is 42.5 Å². The first kappa shape index (κ1) is 19.6. The first-order valence-corrected chi connectivity index (χ1v) is 10.3. The highest BCUT2D eigenvalue weighted by Gasteiger charge is 2.10. The van der Waals surface area contributed by atoms with Gasteiger partial charge in [-0.15, -0.1) is 0 Å². The lowest BCUT2D eigenvalue weighted by molar-refractivity contribution is -0.116. The number of fused-ring (bicyclic) bond motifs is 1. The van der Waals surface area contributed by atoms with Crippen molar-refractivity contribution in [3.8, 4) is 5.75 Å². The molecule has 1 aromatic heterocycles. The number of ether oxygens (including phenoxy) is 1. The normalized spacial score (nSPS) is 12.1. The van der Waals surface area contributed by atoms with Gasteiger partial charge < -0.3 is 10.1 Å². The molecule has 6 heteroatoms. The molecule has 0 saturated heterocycles. The van der Waals surface area contributed by atoms with Gasteiger partial charge in [-0.05, 0) is 60.7 Å². The molecule has 4 nitrogen and oxygen atoms in total. The summed E-state index contributed by atoms with van der Waals surface area (Å²) in [6, 6.07) is 13.5. The lowest BCUT2D eigenvalue weighted by Gasteiger charge is -2.07. The summed E-state index contributed by atoms with van der Waals surface area (Å²) in [4.78, 5) is 16.7. The van der Waals surface area contributed by atoms with E-state index < -0.39 is 0 Å². The maximum Gasteiger partial charge on any atom is 0.226 e. The Bertz CT molecular complexity index is 908. The van der Waals surface area contributed by atoms with Crippen molar-refractivity contribution >= 4 is 44.2 Å². The highest BCUT2D eigenvalue weighted by Crippen LogP contribution is 2.30. The van der Waals surface area contributed by atoms with E-state index in [1.165, 1.54) is 16.9 Å². The fourth-order valence-electron chi connectivity index (χ4n) is 2.67. The number of aromatic nitrogens is 1. The Morgan fingerprint density at radius 2 is 2.04 bits per heavy atom. The summed E-state index contributed by atoms with van der Waals surface area (Å²) >= 11 is 7.36. The van der Waals surface area contributed by atoms with Gasteiger partial charge in [0.25, 0.3) is 0 Å². The van der Waals surface area contributed by atoms with Crippen LogP contribution in [0.3, 0.4) is 0 Å². The number of thiazole rings is 1. The van der Waals surface area contributed by atoms with Crippen LogP contribution in [-0.2, 0) is 4.79 Å². The monoisotopic (exact) mass is 402 g/mol. The number of rotatable bonds is 8. The summed E-state index contributed by atoms with van der Waals surface area (Å²) in [6.07, 6.45) is 2.13. The number of nitrogens with zero attached hydrogens (tertiary/aromatic N) is 1. The summed E-state index contributed by atoms with van der Waals surface area (Å²) in [6.45, 7) is 4.88. The van der Waals surface area contributed by atoms with E-state index in [-0.39, 0.29) is 5.91 Å². The van der Waals surface area contributed by atoms with Gasteiger partial charge in [-0.3, -0.25) is 4.79 Å². The highest BCUT2D eigenvalue weighted by molar-refractivity contribution is 7.22. The molecule has 1 atom stereocenters. The molecule has 0 radical (unpaired) electrons. The average Bonchev–Trinajstić information content (AvgIpc) is 3.07. The summed E-state index contributed by atoms with van der Waals surface area (Å²) in [5, 5.41) is 4.22. The summed E-state index contributed by atoms with van der Waals surface area (Å²) in [5.41, 5.74) is 2.24. The molecule has 142 valence electrons. The zero-order valence-corrected chi connectivity index (χ0v) is 17.1. The molecular weight excluding hydrogens is 380 g/mol. The molecule has 1 heterocycles. The number of hydrogen-bond donors (Lipinski definition) is 1. The SMILES string of the molecule is CCC(C)c1ccc2nc(NC(=O)CCCOc3ccc(Cl)cc3)sc2c1. The molecule has 0 spiro atoms. The van der Waals surface area contributed by atoms with Gasteiger partial charge in [-0.2, -0.15) is 0 Å². The maximum absolute atomic E-state index is 12.1. The Morgan fingerprint density at radius 3 is 2.78 bits per heavy atom. The lowest BCUT2D eigenvalue weighted by atomic mass is 9.99. The number of halogens is 1. The molecule has 0 aliphatic rings. The van der Waals surface area contributed by atoms with Gasteiger partial charge in [0.05, 0.1) is 16.8 Å². The van der Waals surface area contributed by atoms with Crippen molar-refractivity contribution in [2.75, 3.05) is 11.9 Å². The Labute approximate surface area is 168 Å². The fourth-order valence-corrected chi connectivity index (χ4v) is 3.73. The number of anilines is 1. The van der Waals surface area contributed by atoms with Gasteiger partial charge in [-0.25, -0.2) is 4.98 Å². The van der Waals surface area contributed by atoms with Crippen molar-refractivity contribution < 1.29 is 9.53 Å². The summed E-state index contributed by atoms with van der Waals surface area (Å²) in [5.74, 6) is 1.23. The minimum Gasteiger partial charge on any atom is -0.494 e. The number of amides is 1. The quantitative estimate of drug-likeness (QED) is 0.452. The van der Waals surface area contributed by atoms with Gasteiger partial charge in [-0.1, -0.05) is 42.9 Å². The van der Waals surface area contributed by atoms with Crippen molar-refractivity contribution in [2.45, 2.75) is 39.0 Å². The lowest BCUT2D eigenvalue weighted by Crippen LogP contribution is -2.12. The van der Waals surface area contributed by atoms with Crippen molar-refractivity contribution in [3.63, 3.8) is 0 Å². The average molecular weight is 403 g/mol. The van der Waals surface area contributed by atoms with Gasteiger partial charge >= 0.3 is 0 Å². The molecule has 1 unspecified atom stereocenters. The Hall–Kier alpha value is -2.11. The number of carbonyl (C=O) groups excluding carboxylic acids is 1. The largest absolute Gasteiger partial charge is 0.494 e. The third-order valence-corrected chi connectivity index (χ3v) is 5.66. The molecule has 0 aliphatic carbocycles. The minimum absolute atomic E-state index is 0.0455. The molecule has 1 amide bonds. The van der Waals surface area contributed by atoms with Crippen LogP contribution >= 0.6 is 22.9 Å². The van der Waals surface area contributed by atoms with E-state index in [0.29, 0.717) is 35.5 Å². The smallest absolute Gasteiger partial charge is 0.226 e. The van der Waals surface area contributed by atoms with Crippen LogP contribution in [0.1, 0.15) is 44.6 Å². The molecule has 2 aromatic carbocycles. The molecular formula is C21H23ClN2O2S. The van der Waals surface area contributed by atoms with E-state index in [0.717, 1.165) is 22.4 Å². The van der Waals surface area contributed by atoms with Gasteiger partial charge in [0, 0.05) is 11.4 Å². The molecule has 27 heavy (non-hydrogen) atoms. The Kier molecular flexibility index (Phi) is 6.69. The standard InChI is InChI=1S/C21H23ClN2O2S/c1-3-14(2)15-6-11-18-19(13-15)27-21(23-18)24-20(25)5-4-12-26-17-9-7-16(22)8-10-17/h6-11,13-14H,3-5,12H2,1-2H3,(H,23,24,25). The zero-order chi connectivity index (χ0) is 19.2. The number of benzene rings is 2. The van der Waals surface area contributed by atoms with E-state index in [9.17, 15) is 4.79 Å². The van der Waals surface area contributed by atoms with Gasteiger partial charge in [0.2, 0.25) is 5.91 Å². The Morgan fingerprint density at radius 1 is 1.26 bits per heavy atom. The van der Waals surface area contributed by atoms with Crippen molar-refractivity contribution in [1.29, 1.82) is 0 Å². The Balaban J connectivity index is 1.49. The number of carbonyl (C=O) groups is 1. The maximum atomic E-state index is 12.1. The first-order valence-electron chi connectivity index (χ1n) is 9.14. The van der Waals surface area contributed by atoms with E-state index in [4.69, 9.17) is 16.3 Å². The van der Waals surface area contributed by atoms with Gasteiger partial charge in [0.15, 0.2) is 5.13 Å². The third kappa shape index (κ3) is 5.44. The van der Waals surface area contributed by atoms with Crippen LogP contribution in [0.25, 0.3) is 10.2 Å². The van der Waals surface area contributed by atoms with Crippen LogP contribution in [0.2, 0.25) is 5.02 Å². The predicted octanol–water partition coefficient (Wildman–Crippen LogP) is 6.26. The van der Waals surface area contributed by atoms with E-state index in [2.05, 4.69) is 36.3 Å². The molecule has 3 aromatic rings. The number of hydrogen-bond acceptors (Lipinski definition) is 4. The molecule has 0 fully saturated rings. The van der Waals surface area contributed by atoms with Gasteiger partial charge in [0.1, 0.15) is 5.75 Å². The molecule has 0 saturated carbocycles. The minimum atomic E-state index is -0.0455. The van der Waals surface area contributed by atoms with Crippen molar-refractivity contribution in [2.24, 2.45) is 0 Å². The predicted molar refractivity (Wildman–Crippen MR) is 113 cm³/mol. The fraction of sp³-hybridized carbons (Fsp3) is 0.333. The zero-order valence-electron chi connectivity index (χ0n) is 15.5. The highest BCUT2D eigenvalue weighted by atomic mass is 35.5. The molecule has 0 bridgehead atoms. The van der Waals surface area contributed by atoms with E-state index in [1.54, 1.807) is 12.1 Å². The topological polar surface area (TPSA) is 51.2 Å². The first-order chi connectivity index (χ1) is 13.0. The molecule has 3 rings (SSSR count). The van der Waals surface area contributed by atoms with Crippen LogP contribution in [0.5, 0.6) is 5.75 Å². The number of nitrogens with one attached hydrogen (secondary N) is 1. The van der Waals surface area contributed by atoms with E-state index in [1.807, 2.05) is 18.2 Å². The van der Waals surface area contributed by atoms with Crippen LogP contribution in [0.4, 0.5) is 5.13 Å².